The third-order valence-electron chi connectivity index (χ3n) is 11.6. The highest BCUT2D eigenvalue weighted by atomic mass is 16.6. The molecular formula is C55H100O6. The Balaban J connectivity index is 4.38. The van der Waals surface area contributed by atoms with E-state index in [0.717, 1.165) is 83.5 Å². The standard InChI is InChI=1S/C55H100O6/c1-4-7-10-13-16-19-22-25-27-30-33-36-39-42-45-48-54(57)60-51-52(50-59-53(56)47-44-41-38-35-32-29-24-21-18-15-12-9-6-3)61-55(58)49-46-43-40-37-34-31-28-26-23-20-17-14-11-8-5-2/h17,19-20,22,26,28,52H,4-16,18,21,23-25,27,29-51H2,1-3H3/b20-17-,22-19-,28-26-/t52-/m0/s1. The Bertz CT molecular complexity index is 1030. The molecule has 0 aromatic rings. The van der Waals surface area contributed by atoms with Crippen molar-refractivity contribution >= 4 is 17.9 Å². The normalized spacial score (nSPS) is 12.2. The first-order valence-electron chi connectivity index (χ1n) is 26.5. The zero-order chi connectivity index (χ0) is 44.4. The maximum Gasteiger partial charge on any atom is 0.306 e. The number of rotatable bonds is 48. The fourth-order valence-electron chi connectivity index (χ4n) is 7.59. The summed E-state index contributed by atoms with van der Waals surface area (Å²) in [5.41, 5.74) is 0. The van der Waals surface area contributed by atoms with Gasteiger partial charge in [0.05, 0.1) is 0 Å². The van der Waals surface area contributed by atoms with Crippen LogP contribution in [0.5, 0.6) is 0 Å². The zero-order valence-corrected chi connectivity index (χ0v) is 40.7. The van der Waals surface area contributed by atoms with E-state index in [-0.39, 0.29) is 31.1 Å². The van der Waals surface area contributed by atoms with Gasteiger partial charge in [-0.15, -0.1) is 0 Å². The van der Waals surface area contributed by atoms with E-state index in [1.165, 1.54) is 154 Å². The highest BCUT2D eigenvalue weighted by Crippen LogP contribution is 2.15. The lowest BCUT2D eigenvalue weighted by molar-refractivity contribution is -0.167. The minimum atomic E-state index is -0.777. The lowest BCUT2D eigenvalue weighted by atomic mass is 10.0. The summed E-state index contributed by atoms with van der Waals surface area (Å²) >= 11 is 0. The highest BCUT2D eigenvalue weighted by Gasteiger charge is 2.19. The molecule has 61 heavy (non-hydrogen) atoms. The molecule has 0 aliphatic rings. The van der Waals surface area contributed by atoms with Gasteiger partial charge in [-0.05, 0) is 77.0 Å². The van der Waals surface area contributed by atoms with Crippen LogP contribution in [0, 0.1) is 0 Å². The van der Waals surface area contributed by atoms with Crippen LogP contribution in [0.3, 0.4) is 0 Å². The van der Waals surface area contributed by atoms with Gasteiger partial charge < -0.3 is 14.2 Å². The summed E-state index contributed by atoms with van der Waals surface area (Å²) in [7, 11) is 0. The summed E-state index contributed by atoms with van der Waals surface area (Å²) < 4.78 is 16.8. The van der Waals surface area contributed by atoms with Crippen LogP contribution in [0.15, 0.2) is 36.5 Å². The predicted molar refractivity (Wildman–Crippen MR) is 261 cm³/mol. The summed E-state index contributed by atoms with van der Waals surface area (Å²) in [4.78, 5) is 38.0. The molecule has 0 heterocycles. The van der Waals surface area contributed by atoms with Crippen molar-refractivity contribution in [1.82, 2.24) is 0 Å². The highest BCUT2D eigenvalue weighted by molar-refractivity contribution is 5.71. The van der Waals surface area contributed by atoms with Crippen LogP contribution in [0.4, 0.5) is 0 Å². The van der Waals surface area contributed by atoms with Crippen molar-refractivity contribution in [2.45, 2.75) is 284 Å². The second-order valence-electron chi connectivity index (χ2n) is 17.8. The van der Waals surface area contributed by atoms with Crippen LogP contribution < -0.4 is 0 Å². The summed E-state index contributed by atoms with van der Waals surface area (Å²) in [6.07, 6.45) is 58.3. The van der Waals surface area contributed by atoms with E-state index < -0.39 is 6.10 Å². The van der Waals surface area contributed by atoms with Gasteiger partial charge in [0, 0.05) is 19.3 Å². The Labute approximate surface area is 378 Å². The lowest BCUT2D eigenvalue weighted by Gasteiger charge is -2.18. The second-order valence-corrected chi connectivity index (χ2v) is 17.8. The van der Waals surface area contributed by atoms with Gasteiger partial charge in [0.1, 0.15) is 13.2 Å². The third kappa shape index (κ3) is 48.5. The lowest BCUT2D eigenvalue weighted by Crippen LogP contribution is -2.30. The summed E-state index contributed by atoms with van der Waals surface area (Å²) in [5, 5.41) is 0. The van der Waals surface area contributed by atoms with Crippen molar-refractivity contribution < 1.29 is 28.6 Å². The Morgan fingerprint density at radius 1 is 0.328 bits per heavy atom. The van der Waals surface area contributed by atoms with Crippen molar-refractivity contribution in [3.8, 4) is 0 Å². The fraction of sp³-hybridized carbons (Fsp3) is 0.836. The molecule has 0 aliphatic heterocycles. The number of hydrogen-bond donors (Lipinski definition) is 0. The number of carbonyl (C=O) groups excluding carboxylic acids is 3. The SMILES string of the molecule is CCCCC/C=C\C/C=C\CCCCCCCC(=O)O[C@H](COC(=O)CCCCCCCCC/C=C\CCCCCC)COC(=O)CCCCCCCCCCCCCCC. The largest absolute Gasteiger partial charge is 0.462 e. The Morgan fingerprint density at radius 2 is 0.590 bits per heavy atom. The van der Waals surface area contributed by atoms with Crippen molar-refractivity contribution in [2.24, 2.45) is 0 Å². The first-order chi connectivity index (χ1) is 30.0. The molecule has 0 aliphatic carbocycles. The van der Waals surface area contributed by atoms with Gasteiger partial charge in [-0.2, -0.15) is 0 Å². The van der Waals surface area contributed by atoms with Crippen LogP contribution in [0.25, 0.3) is 0 Å². The molecule has 0 spiro atoms. The third-order valence-corrected chi connectivity index (χ3v) is 11.6. The van der Waals surface area contributed by atoms with Gasteiger partial charge in [-0.3, -0.25) is 14.4 Å². The molecule has 1 atom stereocenters. The molecule has 0 N–H and O–H groups in total. The Kier molecular flexibility index (Phi) is 48.3. The van der Waals surface area contributed by atoms with Gasteiger partial charge in [-0.25, -0.2) is 0 Å². The fourth-order valence-corrected chi connectivity index (χ4v) is 7.59. The molecule has 0 aromatic carbocycles. The van der Waals surface area contributed by atoms with E-state index in [1.54, 1.807) is 0 Å². The monoisotopic (exact) mass is 857 g/mol. The molecule has 6 nitrogen and oxygen atoms in total. The molecule has 0 saturated heterocycles. The zero-order valence-electron chi connectivity index (χ0n) is 40.7. The average molecular weight is 857 g/mol. The summed E-state index contributed by atoms with van der Waals surface area (Å²) in [6.45, 7) is 6.61. The van der Waals surface area contributed by atoms with Crippen LogP contribution >= 0.6 is 0 Å². The molecule has 0 unspecified atom stereocenters. The average Bonchev–Trinajstić information content (AvgIpc) is 3.26. The van der Waals surface area contributed by atoms with E-state index in [9.17, 15) is 14.4 Å². The number of ether oxygens (including phenoxy) is 3. The molecule has 0 radical (unpaired) electrons. The van der Waals surface area contributed by atoms with E-state index >= 15 is 0 Å². The topological polar surface area (TPSA) is 78.9 Å². The predicted octanol–water partition coefficient (Wildman–Crippen LogP) is 17.3. The Hall–Kier alpha value is -2.37. The number of unbranched alkanes of at least 4 members (excludes halogenated alkanes) is 31. The van der Waals surface area contributed by atoms with Gasteiger partial charge in [0.15, 0.2) is 6.10 Å². The number of hydrogen-bond acceptors (Lipinski definition) is 6. The van der Waals surface area contributed by atoms with Gasteiger partial charge in [-0.1, -0.05) is 218 Å². The minimum Gasteiger partial charge on any atom is -0.462 e. The molecule has 0 rings (SSSR count). The molecule has 0 amide bonds. The van der Waals surface area contributed by atoms with Crippen LogP contribution in [-0.2, 0) is 28.6 Å². The van der Waals surface area contributed by atoms with Crippen molar-refractivity contribution in [2.75, 3.05) is 13.2 Å². The molecule has 356 valence electrons. The number of carbonyl (C=O) groups is 3. The quantitative estimate of drug-likeness (QED) is 0.0262. The summed E-state index contributed by atoms with van der Waals surface area (Å²) in [5.74, 6) is -0.884. The summed E-state index contributed by atoms with van der Waals surface area (Å²) in [6, 6.07) is 0. The van der Waals surface area contributed by atoms with Crippen molar-refractivity contribution in [3.05, 3.63) is 36.5 Å². The molecule has 0 bridgehead atoms. The molecular weight excluding hydrogens is 757 g/mol. The van der Waals surface area contributed by atoms with Crippen LogP contribution in [0.1, 0.15) is 278 Å². The van der Waals surface area contributed by atoms with Gasteiger partial charge in [0.2, 0.25) is 0 Å². The number of allylic oxidation sites excluding steroid dienone is 6. The van der Waals surface area contributed by atoms with E-state index in [4.69, 9.17) is 14.2 Å². The first-order valence-corrected chi connectivity index (χ1v) is 26.5. The van der Waals surface area contributed by atoms with E-state index in [2.05, 4.69) is 57.2 Å². The smallest absolute Gasteiger partial charge is 0.306 e. The van der Waals surface area contributed by atoms with Crippen molar-refractivity contribution in [1.29, 1.82) is 0 Å². The maximum absolute atomic E-state index is 12.8. The molecule has 0 fully saturated rings. The van der Waals surface area contributed by atoms with Crippen LogP contribution in [0.2, 0.25) is 0 Å². The second kappa shape index (κ2) is 50.3. The van der Waals surface area contributed by atoms with Crippen LogP contribution in [-0.4, -0.2) is 37.2 Å². The van der Waals surface area contributed by atoms with Gasteiger partial charge in [0.25, 0.3) is 0 Å². The van der Waals surface area contributed by atoms with E-state index in [1.807, 2.05) is 0 Å². The first kappa shape index (κ1) is 58.6. The van der Waals surface area contributed by atoms with E-state index in [0.29, 0.717) is 19.3 Å². The maximum atomic E-state index is 12.8. The van der Waals surface area contributed by atoms with Crippen molar-refractivity contribution in [3.63, 3.8) is 0 Å². The minimum absolute atomic E-state index is 0.0762. The molecule has 6 heteroatoms. The Morgan fingerprint density at radius 3 is 0.967 bits per heavy atom. The molecule has 0 aromatic heterocycles. The molecule has 0 saturated carbocycles. The van der Waals surface area contributed by atoms with Gasteiger partial charge >= 0.3 is 17.9 Å². The number of esters is 3.